The Balaban J connectivity index is 2.03. The van der Waals surface area contributed by atoms with Crippen molar-refractivity contribution in [3.8, 4) is 0 Å². The monoisotopic (exact) mass is 223 g/mol. The zero-order chi connectivity index (χ0) is 10.8. The first kappa shape index (κ1) is 10.5. The highest BCUT2D eigenvalue weighted by Crippen LogP contribution is 2.20. The highest BCUT2D eigenvalue weighted by Gasteiger charge is 2.27. The molecule has 80 valence electrons. The van der Waals surface area contributed by atoms with E-state index < -0.39 is 0 Å². The molecule has 0 aromatic heterocycles. The molecule has 1 amide bonds. The minimum Gasteiger partial charge on any atom is -0.338 e. The lowest BCUT2D eigenvalue weighted by molar-refractivity contribution is -0.131. The predicted molar refractivity (Wildman–Crippen MR) is 60.7 cm³/mol. The molecule has 3 heteroatoms. The fourth-order valence-corrected chi connectivity index (χ4v) is 1.99. The van der Waals surface area contributed by atoms with Crippen molar-refractivity contribution in [3.63, 3.8) is 0 Å². The summed E-state index contributed by atoms with van der Waals surface area (Å²) < 4.78 is 0. The molecule has 1 saturated heterocycles. The van der Waals surface area contributed by atoms with Crippen LogP contribution in [0.2, 0.25) is 5.02 Å². The lowest BCUT2D eigenvalue weighted by Crippen LogP contribution is -2.26. The van der Waals surface area contributed by atoms with Crippen LogP contribution < -0.4 is 0 Å². The van der Waals surface area contributed by atoms with Crippen molar-refractivity contribution in [2.24, 2.45) is 5.92 Å². The summed E-state index contributed by atoms with van der Waals surface area (Å²) in [6.45, 7) is 3.58. The molecular weight excluding hydrogens is 210 g/mol. The fraction of sp³-hybridized carbons (Fsp3) is 0.417. The Labute approximate surface area is 94.8 Å². The Hall–Kier alpha value is -1.02. The van der Waals surface area contributed by atoms with Crippen LogP contribution in [-0.4, -0.2) is 17.4 Å². The normalized spacial score (nSPS) is 21.1. The van der Waals surface area contributed by atoms with Crippen LogP contribution in [0.25, 0.3) is 0 Å². The molecule has 0 unspecified atom stereocenters. The Morgan fingerprint density at radius 3 is 2.60 bits per heavy atom. The van der Waals surface area contributed by atoms with Gasteiger partial charge in [0, 0.05) is 24.0 Å². The summed E-state index contributed by atoms with van der Waals surface area (Å²) in [6.07, 6.45) is 0.979. The van der Waals surface area contributed by atoms with Crippen molar-refractivity contribution in [2.75, 3.05) is 6.54 Å². The number of carbonyl (C=O) groups is 1. The third kappa shape index (κ3) is 2.32. The molecule has 0 bridgehead atoms. The predicted octanol–water partition coefficient (Wildman–Crippen LogP) is 2.71. The summed E-state index contributed by atoms with van der Waals surface area (Å²) in [5.41, 5.74) is 1.14. The van der Waals surface area contributed by atoms with Gasteiger partial charge in [-0.25, -0.2) is 0 Å². The van der Waals surface area contributed by atoms with Gasteiger partial charge in [-0.1, -0.05) is 30.7 Å². The minimum atomic E-state index is 0.192. The molecule has 1 fully saturated rings. The second-order valence-electron chi connectivity index (χ2n) is 4.08. The largest absolute Gasteiger partial charge is 0.338 e. The highest BCUT2D eigenvalue weighted by molar-refractivity contribution is 6.30. The topological polar surface area (TPSA) is 20.3 Å². The van der Waals surface area contributed by atoms with Gasteiger partial charge in [-0.3, -0.25) is 4.79 Å². The molecule has 1 aliphatic rings. The molecule has 0 N–H and O–H groups in total. The van der Waals surface area contributed by atoms with E-state index in [1.54, 1.807) is 0 Å². The van der Waals surface area contributed by atoms with Crippen molar-refractivity contribution >= 4 is 17.5 Å². The molecule has 1 aromatic rings. The molecule has 1 aromatic carbocycles. The van der Waals surface area contributed by atoms with Crippen LogP contribution in [0.1, 0.15) is 18.9 Å². The molecule has 1 heterocycles. The Bertz CT molecular complexity index is 360. The Kier molecular flexibility index (Phi) is 2.96. The average molecular weight is 224 g/mol. The van der Waals surface area contributed by atoms with E-state index in [0.29, 0.717) is 6.54 Å². The number of amides is 1. The van der Waals surface area contributed by atoms with Gasteiger partial charge in [-0.05, 0) is 24.1 Å². The first-order chi connectivity index (χ1) is 7.16. The Morgan fingerprint density at radius 1 is 1.40 bits per heavy atom. The molecule has 0 aliphatic carbocycles. The fourth-order valence-electron chi connectivity index (χ4n) is 1.86. The molecule has 0 radical (unpaired) electrons. The van der Waals surface area contributed by atoms with Gasteiger partial charge >= 0.3 is 0 Å². The van der Waals surface area contributed by atoms with Gasteiger partial charge in [0.05, 0.1) is 0 Å². The van der Waals surface area contributed by atoms with Gasteiger partial charge in [0.15, 0.2) is 0 Å². The van der Waals surface area contributed by atoms with Gasteiger partial charge in [0.1, 0.15) is 0 Å². The number of hydrogen-bond acceptors (Lipinski definition) is 1. The van der Waals surface area contributed by atoms with Crippen LogP contribution in [0.5, 0.6) is 0 Å². The molecule has 1 aliphatic heterocycles. The smallest absolute Gasteiger partial charge is 0.225 e. The van der Waals surface area contributed by atoms with E-state index >= 15 is 0 Å². The SMILES string of the molecule is C[C@@H]1CCN(Cc2ccc(Cl)cc2)C1=O. The van der Waals surface area contributed by atoms with E-state index in [0.717, 1.165) is 23.6 Å². The van der Waals surface area contributed by atoms with E-state index in [4.69, 9.17) is 11.6 Å². The minimum absolute atomic E-state index is 0.192. The lowest BCUT2D eigenvalue weighted by Gasteiger charge is -2.16. The van der Waals surface area contributed by atoms with Crippen LogP contribution in [0, 0.1) is 5.92 Å². The van der Waals surface area contributed by atoms with Gasteiger partial charge in [0.2, 0.25) is 5.91 Å². The third-order valence-corrected chi connectivity index (χ3v) is 3.10. The van der Waals surface area contributed by atoms with Crippen molar-refractivity contribution in [1.82, 2.24) is 4.90 Å². The van der Waals surface area contributed by atoms with E-state index in [9.17, 15) is 4.79 Å². The number of rotatable bonds is 2. The first-order valence-electron chi connectivity index (χ1n) is 5.20. The molecular formula is C12H14ClNO. The van der Waals surface area contributed by atoms with Crippen molar-refractivity contribution in [3.05, 3.63) is 34.9 Å². The molecule has 1 atom stereocenters. The zero-order valence-corrected chi connectivity index (χ0v) is 9.50. The number of hydrogen-bond donors (Lipinski definition) is 0. The van der Waals surface area contributed by atoms with Gasteiger partial charge in [-0.2, -0.15) is 0 Å². The quantitative estimate of drug-likeness (QED) is 0.755. The number of carbonyl (C=O) groups excluding carboxylic acids is 1. The van der Waals surface area contributed by atoms with E-state index in [2.05, 4.69) is 0 Å². The standard InChI is InChI=1S/C12H14ClNO/c1-9-6-7-14(12(9)15)8-10-2-4-11(13)5-3-10/h2-5,9H,6-8H2,1H3/t9-/m1/s1. The van der Waals surface area contributed by atoms with Crippen LogP contribution in [0.15, 0.2) is 24.3 Å². The first-order valence-corrected chi connectivity index (χ1v) is 5.58. The van der Waals surface area contributed by atoms with Crippen LogP contribution in [-0.2, 0) is 11.3 Å². The van der Waals surface area contributed by atoms with E-state index in [-0.39, 0.29) is 11.8 Å². The van der Waals surface area contributed by atoms with Crippen molar-refractivity contribution in [1.29, 1.82) is 0 Å². The van der Waals surface area contributed by atoms with Gasteiger partial charge < -0.3 is 4.90 Å². The van der Waals surface area contributed by atoms with E-state index in [1.807, 2.05) is 36.1 Å². The molecule has 0 spiro atoms. The summed E-state index contributed by atoms with van der Waals surface area (Å²) in [7, 11) is 0. The second kappa shape index (κ2) is 4.23. The summed E-state index contributed by atoms with van der Waals surface area (Å²) >= 11 is 5.80. The lowest BCUT2D eigenvalue weighted by atomic mass is 10.1. The Morgan fingerprint density at radius 2 is 2.07 bits per heavy atom. The van der Waals surface area contributed by atoms with Crippen LogP contribution in [0.3, 0.4) is 0 Å². The van der Waals surface area contributed by atoms with Crippen LogP contribution in [0.4, 0.5) is 0 Å². The summed E-state index contributed by atoms with van der Waals surface area (Å²) in [5, 5.41) is 0.736. The average Bonchev–Trinajstić information content (AvgIpc) is 2.53. The summed E-state index contributed by atoms with van der Waals surface area (Å²) in [6, 6.07) is 7.67. The van der Waals surface area contributed by atoms with Crippen molar-refractivity contribution in [2.45, 2.75) is 19.9 Å². The number of benzene rings is 1. The number of halogens is 1. The zero-order valence-electron chi connectivity index (χ0n) is 8.74. The number of likely N-dealkylation sites (tertiary alicyclic amines) is 1. The van der Waals surface area contributed by atoms with Gasteiger partial charge in [-0.15, -0.1) is 0 Å². The summed E-state index contributed by atoms with van der Waals surface area (Å²) in [4.78, 5) is 13.6. The molecule has 2 rings (SSSR count). The van der Waals surface area contributed by atoms with E-state index in [1.165, 1.54) is 0 Å². The maximum atomic E-state index is 11.7. The summed E-state index contributed by atoms with van der Waals surface area (Å²) in [5.74, 6) is 0.460. The maximum Gasteiger partial charge on any atom is 0.225 e. The van der Waals surface area contributed by atoms with Crippen LogP contribution >= 0.6 is 11.6 Å². The maximum absolute atomic E-state index is 11.7. The molecule has 0 saturated carbocycles. The van der Waals surface area contributed by atoms with Crippen molar-refractivity contribution < 1.29 is 4.79 Å². The molecule has 2 nitrogen and oxygen atoms in total. The van der Waals surface area contributed by atoms with Gasteiger partial charge in [0.25, 0.3) is 0 Å². The second-order valence-corrected chi connectivity index (χ2v) is 4.51. The third-order valence-electron chi connectivity index (χ3n) is 2.85. The number of nitrogens with zero attached hydrogens (tertiary/aromatic N) is 1. The molecule has 15 heavy (non-hydrogen) atoms. The highest BCUT2D eigenvalue weighted by atomic mass is 35.5.